The molecule has 3 aliphatic rings. The topological polar surface area (TPSA) is 44.8 Å². The van der Waals surface area contributed by atoms with E-state index in [0.717, 1.165) is 32.1 Å². The molecule has 1 amide bonds. The number of likely N-dealkylation sites (tertiary alicyclic amines) is 1. The van der Waals surface area contributed by atoms with Crippen molar-refractivity contribution in [2.24, 2.45) is 5.92 Å². The van der Waals surface area contributed by atoms with Crippen LogP contribution in [-0.4, -0.2) is 66.3 Å². The third-order valence-electron chi connectivity index (χ3n) is 5.50. The van der Waals surface area contributed by atoms with Gasteiger partial charge in [-0.2, -0.15) is 0 Å². The summed E-state index contributed by atoms with van der Waals surface area (Å²) in [4.78, 5) is 16.6. The monoisotopic (exact) mass is 323 g/mol. The second-order valence-corrected chi connectivity index (χ2v) is 8.46. The Morgan fingerprint density at radius 1 is 1.17 bits per heavy atom. The fourth-order valence-corrected chi connectivity index (χ4v) is 4.35. The van der Waals surface area contributed by atoms with Gasteiger partial charge in [0.2, 0.25) is 0 Å². The molecule has 3 heterocycles. The quantitative estimate of drug-likeness (QED) is 0.863. The SMILES string of the molecule is CC(C)(C)OC(=O)N1CCC(CCNC2CCN3CCCC23)C1. The van der Waals surface area contributed by atoms with E-state index in [-0.39, 0.29) is 6.09 Å². The number of carbonyl (C=O) groups is 1. The van der Waals surface area contributed by atoms with Crippen LogP contribution in [0.2, 0.25) is 0 Å². The van der Waals surface area contributed by atoms with Crippen LogP contribution >= 0.6 is 0 Å². The second-order valence-electron chi connectivity index (χ2n) is 8.46. The predicted octanol–water partition coefficient (Wildman–Crippen LogP) is 2.46. The van der Waals surface area contributed by atoms with E-state index in [9.17, 15) is 4.79 Å². The van der Waals surface area contributed by atoms with Crippen molar-refractivity contribution in [3.8, 4) is 0 Å². The van der Waals surface area contributed by atoms with Crippen LogP contribution in [0, 0.1) is 5.92 Å². The predicted molar refractivity (Wildman–Crippen MR) is 91.5 cm³/mol. The molecule has 5 heteroatoms. The van der Waals surface area contributed by atoms with Crippen LogP contribution in [-0.2, 0) is 4.74 Å². The van der Waals surface area contributed by atoms with Gasteiger partial charge in [0.15, 0.2) is 0 Å². The van der Waals surface area contributed by atoms with E-state index >= 15 is 0 Å². The fraction of sp³-hybridized carbons (Fsp3) is 0.944. The number of rotatable bonds is 4. The molecular formula is C18H33N3O2. The van der Waals surface area contributed by atoms with Crippen LogP contribution < -0.4 is 5.32 Å². The summed E-state index contributed by atoms with van der Waals surface area (Å²) in [5, 5.41) is 3.79. The first-order chi connectivity index (χ1) is 10.9. The van der Waals surface area contributed by atoms with E-state index in [1.807, 2.05) is 25.7 Å². The normalized spacial score (nSPS) is 31.6. The van der Waals surface area contributed by atoms with Gasteiger partial charge in [-0.15, -0.1) is 0 Å². The number of fused-ring (bicyclic) bond motifs is 1. The molecule has 3 fully saturated rings. The van der Waals surface area contributed by atoms with Crippen molar-refractivity contribution in [3.63, 3.8) is 0 Å². The fourth-order valence-electron chi connectivity index (χ4n) is 4.35. The smallest absolute Gasteiger partial charge is 0.410 e. The van der Waals surface area contributed by atoms with Crippen molar-refractivity contribution < 1.29 is 9.53 Å². The van der Waals surface area contributed by atoms with Crippen LogP contribution in [0.1, 0.15) is 52.9 Å². The summed E-state index contributed by atoms with van der Waals surface area (Å²) in [6.07, 6.45) is 6.18. The largest absolute Gasteiger partial charge is 0.444 e. The van der Waals surface area contributed by atoms with Gasteiger partial charge in [0.1, 0.15) is 5.60 Å². The van der Waals surface area contributed by atoms with Gasteiger partial charge >= 0.3 is 6.09 Å². The Balaban J connectivity index is 1.35. The maximum Gasteiger partial charge on any atom is 0.410 e. The van der Waals surface area contributed by atoms with Gasteiger partial charge in [0.05, 0.1) is 0 Å². The van der Waals surface area contributed by atoms with Gasteiger partial charge in [-0.3, -0.25) is 4.90 Å². The molecule has 0 aliphatic carbocycles. The molecule has 3 atom stereocenters. The summed E-state index contributed by atoms with van der Waals surface area (Å²) in [7, 11) is 0. The van der Waals surface area contributed by atoms with Gasteiger partial charge in [-0.1, -0.05) is 0 Å². The summed E-state index contributed by atoms with van der Waals surface area (Å²) in [6, 6.07) is 1.48. The number of nitrogens with zero attached hydrogens (tertiary/aromatic N) is 2. The molecule has 3 aliphatic heterocycles. The average Bonchev–Trinajstić information content (AvgIpc) is 3.14. The highest BCUT2D eigenvalue weighted by molar-refractivity contribution is 5.68. The lowest BCUT2D eigenvalue weighted by atomic mass is 10.0. The number of carbonyl (C=O) groups excluding carboxylic acids is 1. The van der Waals surface area contributed by atoms with Crippen LogP contribution in [0.15, 0.2) is 0 Å². The van der Waals surface area contributed by atoms with Crippen LogP contribution in [0.3, 0.4) is 0 Å². The summed E-state index contributed by atoms with van der Waals surface area (Å²) in [6.45, 7) is 11.1. The van der Waals surface area contributed by atoms with Gasteiger partial charge < -0.3 is 15.0 Å². The number of hydrogen-bond donors (Lipinski definition) is 1. The zero-order valence-corrected chi connectivity index (χ0v) is 15.0. The number of ether oxygens (including phenoxy) is 1. The van der Waals surface area contributed by atoms with E-state index in [1.54, 1.807) is 0 Å². The zero-order valence-electron chi connectivity index (χ0n) is 15.0. The van der Waals surface area contributed by atoms with Crippen molar-refractivity contribution in [2.45, 2.75) is 70.6 Å². The van der Waals surface area contributed by atoms with E-state index < -0.39 is 5.60 Å². The molecule has 0 aromatic rings. The molecule has 3 unspecified atom stereocenters. The van der Waals surface area contributed by atoms with Gasteiger partial charge in [0.25, 0.3) is 0 Å². The Morgan fingerprint density at radius 2 is 2.00 bits per heavy atom. The second kappa shape index (κ2) is 6.98. The highest BCUT2D eigenvalue weighted by Crippen LogP contribution is 2.28. The molecule has 23 heavy (non-hydrogen) atoms. The maximum absolute atomic E-state index is 12.1. The van der Waals surface area contributed by atoms with Gasteiger partial charge in [0, 0.05) is 31.7 Å². The molecule has 0 bridgehead atoms. The molecule has 1 N–H and O–H groups in total. The van der Waals surface area contributed by atoms with Crippen LogP contribution in [0.25, 0.3) is 0 Å². The minimum absolute atomic E-state index is 0.148. The molecule has 0 spiro atoms. The summed E-state index contributed by atoms with van der Waals surface area (Å²) in [5.74, 6) is 0.621. The molecule has 132 valence electrons. The molecule has 0 aromatic heterocycles. The first-order valence-corrected chi connectivity index (χ1v) is 9.38. The first-order valence-electron chi connectivity index (χ1n) is 9.38. The molecule has 3 saturated heterocycles. The van der Waals surface area contributed by atoms with Crippen molar-refractivity contribution >= 4 is 6.09 Å². The number of amides is 1. The Hall–Kier alpha value is -0.810. The highest BCUT2D eigenvalue weighted by Gasteiger charge is 2.37. The Kier molecular flexibility index (Phi) is 5.16. The summed E-state index contributed by atoms with van der Waals surface area (Å²) in [5.41, 5.74) is -0.396. The number of nitrogens with one attached hydrogen (secondary N) is 1. The van der Waals surface area contributed by atoms with Gasteiger partial charge in [-0.25, -0.2) is 4.79 Å². The van der Waals surface area contributed by atoms with Crippen LogP contribution in [0.5, 0.6) is 0 Å². The minimum atomic E-state index is -0.396. The molecule has 0 radical (unpaired) electrons. The third kappa shape index (κ3) is 4.38. The van der Waals surface area contributed by atoms with Gasteiger partial charge in [-0.05, 0) is 71.9 Å². The Bertz CT molecular complexity index is 421. The molecule has 0 aromatic carbocycles. The average molecular weight is 323 g/mol. The lowest BCUT2D eigenvalue weighted by Crippen LogP contribution is -2.40. The third-order valence-corrected chi connectivity index (χ3v) is 5.50. The van der Waals surface area contributed by atoms with Crippen molar-refractivity contribution in [1.29, 1.82) is 0 Å². The lowest BCUT2D eigenvalue weighted by molar-refractivity contribution is 0.0287. The van der Waals surface area contributed by atoms with E-state index in [1.165, 1.54) is 38.8 Å². The Labute approximate surface area is 140 Å². The highest BCUT2D eigenvalue weighted by atomic mass is 16.6. The molecule has 5 nitrogen and oxygen atoms in total. The summed E-state index contributed by atoms with van der Waals surface area (Å²) < 4.78 is 5.47. The van der Waals surface area contributed by atoms with E-state index in [0.29, 0.717) is 12.0 Å². The van der Waals surface area contributed by atoms with Crippen molar-refractivity contribution in [1.82, 2.24) is 15.1 Å². The van der Waals surface area contributed by atoms with Crippen molar-refractivity contribution in [2.75, 3.05) is 32.7 Å². The molecule has 0 saturated carbocycles. The number of hydrogen-bond acceptors (Lipinski definition) is 4. The Morgan fingerprint density at radius 3 is 2.78 bits per heavy atom. The lowest BCUT2D eigenvalue weighted by Gasteiger charge is -2.24. The van der Waals surface area contributed by atoms with E-state index in [4.69, 9.17) is 4.74 Å². The molecule has 3 rings (SSSR count). The molecular weight excluding hydrogens is 290 g/mol. The first kappa shape index (κ1) is 17.0. The zero-order chi connectivity index (χ0) is 16.4. The standard InChI is InChI=1S/C18H33N3O2/c1-18(2,3)23-17(22)21-11-7-14(13-21)6-9-19-15-8-12-20-10-4-5-16(15)20/h14-16,19H,4-13H2,1-3H3. The van der Waals surface area contributed by atoms with Crippen LogP contribution in [0.4, 0.5) is 4.79 Å². The minimum Gasteiger partial charge on any atom is -0.444 e. The maximum atomic E-state index is 12.1. The van der Waals surface area contributed by atoms with Crippen molar-refractivity contribution in [3.05, 3.63) is 0 Å². The summed E-state index contributed by atoms with van der Waals surface area (Å²) >= 11 is 0. The van der Waals surface area contributed by atoms with E-state index in [2.05, 4.69) is 10.2 Å².